The lowest BCUT2D eigenvalue weighted by Gasteiger charge is -2.26. The molecule has 0 atom stereocenters. The summed E-state index contributed by atoms with van der Waals surface area (Å²) in [5.41, 5.74) is 5.36. The summed E-state index contributed by atoms with van der Waals surface area (Å²) in [4.78, 5) is 0. The molecule has 0 unspecified atom stereocenters. The summed E-state index contributed by atoms with van der Waals surface area (Å²) < 4.78 is 26.2. The molecule has 4 N–H and O–H groups in total. The van der Waals surface area contributed by atoms with Crippen LogP contribution in [0.25, 0.3) is 0 Å². The van der Waals surface area contributed by atoms with Crippen molar-refractivity contribution in [3.8, 4) is 0 Å². The van der Waals surface area contributed by atoms with Gasteiger partial charge in [-0.3, -0.25) is 10.5 Å². The van der Waals surface area contributed by atoms with Crippen molar-refractivity contribution >= 4 is 15.9 Å². The Morgan fingerprint density at radius 2 is 2.22 bits per heavy atom. The Labute approximate surface area is 106 Å². The molecule has 0 saturated heterocycles. The van der Waals surface area contributed by atoms with E-state index >= 15 is 0 Å². The molecule has 1 saturated carbocycles. The van der Waals surface area contributed by atoms with E-state index in [9.17, 15) is 8.42 Å². The number of nitrogens with zero attached hydrogens (tertiary/aromatic N) is 2. The van der Waals surface area contributed by atoms with Crippen LogP contribution in [0.2, 0.25) is 0 Å². The monoisotopic (exact) mass is 271 g/mol. The normalized spacial score (nSPS) is 17.4. The van der Waals surface area contributed by atoms with Crippen LogP contribution in [0, 0.1) is 5.41 Å². The first-order valence-corrected chi connectivity index (χ1v) is 7.30. The van der Waals surface area contributed by atoms with Crippen molar-refractivity contribution in [2.45, 2.75) is 36.8 Å². The number of rotatable bonds is 5. The number of H-pyrrole nitrogens is 1. The van der Waals surface area contributed by atoms with Gasteiger partial charge in [-0.2, -0.15) is 9.40 Å². The SMILES string of the molecule is N=C(N)CN(C1CCCC1)S(=O)(=O)c1ccn[nH]1. The number of hydrogen-bond donors (Lipinski definition) is 3. The van der Waals surface area contributed by atoms with Gasteiger partial charge in [-0.05, 0) is 18.9 Å². The summed E-state index contributed by atoms with van der Waals surface area (Å²) in [6.07, 6.45) is 5.06. The van der Waals surface area contributed by atoms with Crippen molar-refractivity contribution in [3.63, 3.8) is 0 Å². The predicted molar refractivity (Wildman–Crippen MR) is 66.6 cm³/mol. The number of sulfonamides is 1. The Morgan fingerprint density at radius 3 is 2.72 bits per heavy atom. The Hall–Kier alpha value is -1.41. The largest absolute Gasteiger partial charge is 0.387 e. The fourth-order valence-corrected chi connectivity index (χ4v) is 3.85. The van der Waals surface area contributed by atoms with Gasteiger partial charge in [0.15, 0.2) is 5.03 Å². The highest BCUT2D eigenvalue weighted by Crippen LogP contribution is 2.27. The Kier molecular flexibility index (Phi) is 3.67. The van der Waals surface area contributed by atoms with Crippen molar-refractivity contribution in [2.24, 2.45) is 5.73 Å². The van der Waals surface area contributed by atoms with E-state index in [2.05, 4.69) is 10.2 Å². The number of nitrogens with one attached hydrogen (secondary N) is 2. The molecule has 1 aliphatic rings. The number of aromatic nitrogens is 2. The van der Waals surface area contributed by atoms with Gasteiger partial charge in [0, 0.05) is 6.04 Å². The standard InChI is InChI=1S/C10H17N5O2S/c11-9(12)7-15(8-3-1-2-4-8)18(16,17)10-5-6-13-14-10/h5-6,8H,1-4,7H2,(H3,11,12)(H,13,14). The van der Waals surface area contributed by atoms with E-state index in [1.165, 1.54) is 16.6 Å². The Morgan fingerprint density at radius 1 is 1.56 bits per heavy atom. The third-order valence-corrected chi connectivity index (χ3v) is 4.95. The lowest BCUT2D eigenvalue weighted by molar-refractivity contribution is 0.352. The van der Waals surface area contributed by atoms with Crippen molar-refractivity contribution in [2.75, 3.05) is 6.54 Å². The van der Waals surface area contributed by atoms with Gasteiger partial charge in [-0.25, -0.2) is 8.42 Å². The van der Waals surface area contributed by atoms with Gasteiger partial charge in [0.05, 0.1) is 12.7 Å². The predicted octanol–water partition coefficient (Wildman–Crippen LogP) is 0.279. The molecular weight excluding hydrogens is 254 g/mol. The second kappa shape index (κ2) is 5.07. The van der Waals surface area contributed by atoms with E-state index in [0.717, 1.165) is 25.7 Å². The van der Waals surface area contributed by atoms with E-state index < -0.39 is 10.0 Å². The van der Waals surface area contributed by atoms with Crippen LogP contribution >= 0.6 is 0 Å². The summed E-state index contributed by atoms with van der Waals surface area (Å²) in [5.74, 6) is -0.148. The quantitative estimate of drug-likeness (QED) is 0.526. The molecule has 0 bridgehead atoms. The summed E-state index contributed by atoms with van der Waals surface area (Å²) in [6, 6.07) is 1.35. The molecule has 0 aromatic carbocycles. The van der Waals surface area contributed by atoms with Gasteiger partial charge in [0.1, 0.15) is 5.84 Å². The minimum Gasteiger partial charge on any atom is -0.387 e. The maximum absolute atomic E-state index is 12.4. The summed E-state index contributed by atoms with van der Waals surface area (Å²) in [5, 5.41) is 13.5. The average molecular weight is 271 g/mol. The molecular formula is C10H17N5O2S. The first-order chi connectivity index (χ1) is 8.51. The topological polar surface area (TPSA) is 116 Å². The molecule has 0 aliphatic heterocycles. The van der Waals surface area contributed by atoms with Crippen molar-refractivity contribution in [1.29, 1.82) is 5.41 Å². The van der Waals surface area contributed by atoms with Crippen LogP contribution < -0.4 is 5.73 Å². The molecule has 2 rings (SSSR count). The number of aromatic amines is 1. The highest BCUT2D eigenvalue weighted by atomic mass is 32.2. The third kappa shape index (κ3) is 2.54. The summed E-state index contributed by atoms with van der Waals surface area (Å²) >= 11 is 0. The highest BCUT2D eigenvalue weighted by molar-refractivity contribution is 7.89. The second-order valence-corrected chi connectivity index (χ2v) is 6.29. The summed E-state index contributed by atoms with van der Waals surface area (Å²) in [7, 11) is -3.64. The molecule has 8 heteroatoms. The molecule has 18 heavy (non-hydrogen) atoms. The van der Waals surface area contributed by atoms with Crippen LogP contribution in [0.3, 0.4) is 0 Å². The molecule has 100 valence electrons. The first kappa shape index (κ1) is 13.0. The van der Waals surface area contributed by atoms with Crippen molar-refractivity contribution in [1.82, 2.24) is 14.5 Å². The zero-order valence-corrected chi connectivity index (χ0v) is 10.8. The lowest BCUT2D eigenvalue weighted by atomic mass is 10.2. The molecule has 1 aliphatic carbocycles. The van der Waals surface area contributed by atoms with Gasteiger partial charge in [-0.15, -0.1) is 0 Å². The Bertz CT molecular complexity index is 504. The number of nitrogens with two attached hydrogens (primary N) is 1. The third-order valence-electron chi connectivity index (χ3n) is 3.12. The van der Waals surface area contributed by atoms with Crippen LogP contribution in [0.15, 0.2) is 17.3 Å². The fraction of sp³-hybridized carbons (Fsp3) is 0.600. The molecule has 1 heterocycles. The van der Waals surface area contributed by atoms with E-state index in [1.807, 2.05) is 0 Å². The second-order valence-electron chi connectivity index (χ2n) is 4.43. The van der Waals surface area contributed by atoms with Crippen LogP contribution in [-0.2, 0) is 10.0 Å². The minimum atomic E-state index is -3.64. The smallest absolute Gasteiger partial charge is 0.260 e. The van der Waals surface area contributed by atoms with E-state index in [4.69, 9.17) is 11.1 Å². The Balaban J connectivity index is 2.30. The molecule has 1 aromatic rings. The number of hydrogen-bond acceptors (Lipinski definition) is 4. The van der Waals surface area contributed by atoms with Gasteiger partial charge in [-0.1, -0.05) is 12.8 Å². The molecule has 0 radical (unpaired) electrons. The zero-order chi connectivity index (χ0) is 13.2. The van der Waals surface area contributed by atoms with Gasteiger partial charge in [0.25, 0.3) is 10.0 Å². The lowest BCUT2D eigenvalue weighted by Crippen LogP contribution is -2.44. The fourth-order valence-electron chi connectivity index (χ4n) is 2.28. The van der Waals surface area contributed by atoms with Crippen LogP contribution in [-0.4, -0.2) is 41.3 Å². The molecule has 0 amide bonds. The number of amidine groups is 1. The van der Waals surface area contributed by atoms with Crippen molar-refractivity contribution in [3.05, 3.63) is 12.3 Å². The van der Waals surface area contributed by atoms with Gasteiger partial charge < -0.3 is 5.73 Å². The average Bonchev–Trinajstić information content (AvgIpc) is 2.98. The van der Waals surface area contributed by atoms with E-state index in [-0.39, 0.29) is 23.4 Å². The zero-order valence-electron chi connectivity index (χ0n) is 9.96. The maximum atomic E-state index is 12.4. The molecule has 1 aromatic heterocycles. The molecule has 7 nitrogen and oxygen atoms in total. The maximum Gasteiger partial charge on any atom is 0.260 e. The van der Waals surface area contributed by atoms with Gasteiger partial charge >= 0.3 is 0 Å². The van der Waals surface area contributed by atoms with Crippen molar-refractivity contribution < 1.29 is 8.42 Å². The van der Waals surface area contributed by atoms with E-state index in [1.54, 1.807) is 0 Å². The van der Waals surface area contributed by atoms with Crippen LogP contribution in [0.1, 0.15) is 25.7 Å². The van der Waals surface area contributed by atoms with Crippen LogP contribution in [0.5, 0.6) is 0 Å². The van der Waals surface area contributed by atoms with Crippen LogP contribution in [0.4, 0.5) is 0 Å². The van der Waals surface area contributed by atoms with E-state index in [0.29, 0.717) is 0 Å². The first-order valence-electron chi connectivity index (χ1n) is 5.86. The van der Waals surface area contributed by atoms with Gasteiger partial charge in [0.2, 0.25) is 0 Å². The minimum absolute atomic E-state index is 0.0515. The highest BCUT2D eigenvalue weighted by Gasteiger charge is 2.34. The molecule has 0 spiro atoms. The summed E-state index contributed by atoms with van der Waals surface area (Å²) in [6.45, 7) is -0.0635. The molecule has 1 fully saturated rings.